The molecule has 127 heavy (non-hydrogen) atoms. The van der Waals surface area contributed by atoms with Crippen molar-refractivity contribution >= 4 is 31.9 Å². The van der Waals surface area contributed by atoms with Crippen molar-refractivity contribution in [2.75, 3.05) is 0 Å². The molecule has 0 saturated carbocycles. The number of aryl methyl sites for hydroxylation is 8. The Labute approximate surface area is 788 Å². The molecule has 0 aliphatic rings. The van der Waals surface area contributed by atoms with Crippen LogP contribution in [0.1, 0.15) is 175 Å². The number of halogens is 2. The van der Waals surface area contributed by atoms with Gasteiger partial charge in [0.05, 0.1) is 34.2 Å². The maximum atomic E-state index is 4.90. The smallest absolute Gasteiger partial charge is 0.305 e. The SMILES string of the molecule is CCCCCCc1cc(-c2ccc(-c3ccc(-c4ccc(C)cn4)cc3CCCCCC)cn2)[c-]cc1C.CCCCCCc1cc(-c2ccc(Br)cn2)ccc1Br.CCCCCCc1cc(-c2ccc(C)cn2)ccc1C.[Ir+3].[c-]1ccccc1-c1ccccn1.[c-]1ccccc1-c1ccccn1.c1ccc(-c2ccccn2)cc1.c1ccc(-c2ccccn2)nc1. The number of benzene rings is 7. The maximum Gasteiger partial charge on any atom is 3.00 e. The van der Waals surface area contributed by atoms with Crippen molar-refractivity contribution < 1.29 is 20.1 Å². The van der Waals surface area contributed by atoms with Crippen LogP contribution in [0.4, 0.5) is 0 Å². The van der Waals surface area contributed by atoms with Crippen LogP contribution in [0.2, 0.25) is 0 Å². The van der Waals surface area contributed by atoms with E-state index in [4.69, 9.17) is 4.98 Å². The number of unbranched alkanes of at least 4 members (excludes halogenated alkanes) is 12. The molecule has 16 aromatic rings. The molecule has 7 aromatic carbocycles. The second-order valence-corrected chi connectivity index (χ2v) is 33.1. The van der Waals surface area contributed by atoms with E-state index in [0.29, 0.717) is 0 Å². The molecule has 0 bridgehead atoms. The van der Waals surface area contributed by atoms with Gasteiger partial charge in [0, 0.05) is 87.0 Å². The molecule has 648 valence electrons. The molecule has 0 aliphatic carbocycles. The van der Waals surface area contributed by atoms with Crippen LogP contribution >= 0.6 is 31.9 Å². The van der Waals surface area contributed by atoms with E-state index in [1.165, 1.54) is 186 Å². The number of rotatable bonds is 29. The molecule has 0 radical (unpaired) electrons. The quantitative estimate of drug-likeness (QED) is 0.0334. The zero-order valence-corrected chi connectivity index (χ0v) is 80.7. The first-order chi connectivity index (χ1) is 61.9. The Bertz CT molecular complexity index is 5120. The minimum absolute atomic E-state index is 0. The van der Waals surface area contributed by atoms with Crippen molar-refractivity contribution in [1.29, 1.82) is 0 Å². The number of hydrogen-bond acceptors (Lipinski definition) is 9. The van der Waals surface area contributed by atoms with Gasteiger partial charge in [-0.3, -0.25) is 29.9 Å². The fraction of sp³-hybridized carbons (Fsp3) is 0.243. The van der Waals surface area contributed by atoms with Crippen LogP contribution in [-0.4, -0.2) is 44.9 Å². The zero-order valence-electron chi connectivity index (χ0n) is 75.1. The normalized spacial score (nSPS) is 10.4. The van der Waals surface area contributed by atoms with E-state index in [9.17, 15) is 0 Å². The predicted octanol–water partition coefficient (Wildman–Crippen LogP) is 32.0. The van der Waals surface area contributed by atoms with E-state index in [2.05, 4.69) is 261 Å². The first kappa shape index (κ1) is 99.3. The summed E-state index contributed by atoms with van der Waals surface area (Å²) in [5.41, 5.74) is 30.1. The third-order valence-electron chi connectivity index (χ3n) is 21.4. The van der Waals surface area contributed by atoms with Gasteiger partial charge in [0.25, 0.3) is 0 Å². The Morgan fingerprint density at radius 1 is 0.252 bits per heavy atom. The van der Waals surface area contributed by atoms with Gasteiger partial charge in [0.2, 0.25) is 0 Å². The van der Waals surface area contributed by atoms with Gasteiger partial charge >= 0.3 is 20.1 Å². The first-order valence-electron chi connectivity index (χ1n) is 44.9. The summed E-state index contributed by atoms with van der Waals surface area (Å²) in [5.74, 6) is 0. The molecule has 0 amide bonds. The van der Waals surface area contributed by atoms with E-state index in [0.717, 1.165) is 97.2 Å². The van der Waals surface area contributed by atoms with Crippen LogP contribution in [0.25, 0.3) is 101 Å². The predicted molar refractivity (Wildman–Crippen MR) is 536 cm³/mol. The van der Waals surface area contributed by atoms with Crippen LogP contribution in [0, 0.1) is 45.9 Å². The second kappa shape index (κ2) is 57.3. The summed E-state index contributed by atoms with van der Waals surface area (Å²) in [6, 6.07) is 106. The first-order valence-corrected chi connectivity index (χ1v) is 46.5. The van der Waals surface area contributed by atoms with Crippen LogP contribution in [-0.2, 0) is 45.8 Å². The molecule has 9 heterocycles. The molecular weight excluding hydrogens is 1860 g/mol. The van der Waals surface area contributed by atoms with Gasteiger partial charge in [-0.05, 0) is 240 Å². The molecule has 0 saturated heterocycles. The van der Waals surface area contributed by atoms with Gasteiger partial charge in [0.15, 0.2) is 0 Å². The van der Waals surface area contributed by atoms with E-state index in [1.54, 1.807) is 24.8 Å². The van der Waals surface area contributed by atoms with Crippen molar-refractivity contribution in [2.45, 2.75) is 184 Å². The molecule has 0 fully saturated rings. The molecule has 0 unspecified atom stereocenters. The van der Waals surface area contributed by atoms with Gasteiger partial charge in [0.1, 0.15) is 0 Å². The fourth-order valence-electron chi connectivity index (χ4n) is 14.1. The van der Waals surface area contributed by atoms with E-state index in [-0.39, 0.29) is 20.1 Å². The summed E-state index contributed by atoms with van der Waals surface area (Å²) >= 11 is 7.08. The Balaban J connectivity index is 0.000000176. The summed E-state index contributed by atoms with van der Waals surface area (Å²) in [6.07, 6.45) is 41.8. The molecule has 0 spiro atoms. The van der Waals surface area contributed by atoms with E-state index in [1.807, 2.05) is 201 Å². The summed E-state index contributed by atoms with van der Waals surface area (Å²) < 4.78 is 2.22. The molecule has 0 N–H and O–H groups in total. The van der Waals surface area contributed by atoms with Crippen molar-refractivity contribution in [3.05, 3.63) is 413 Å². The van der Waals surface area contributed by atoms with Crippen LogP contribution in [0.3, 0.4) is 0 Å². The number of hydrogen-bond donors (Lipinski definition) is 0. The Hall–Kier alpha value is -11.5. The van der Waals surface area contributed by atoms with Crippen molar-refractivity contribution in [3.8, 4) is 101 Å². The van der Waals surface area contributed by atoms with Crippen molar-refractivity contribution in [3.63, 3.8) is 0 Å². The minimum atomic E-state index is 0. The Morgan fingerprint density at radius 2 is 0.630 bits per heavy atom. The molecule has 12 heteroatoms. The van der Waals surface area contributed by atoms with E-state index >= 15 is 0 Å². The number of nitrogens with zero attached hydrogens (tertiary/aromatic N) is 9. The standard InChI is InChI=1S/C36H43N2.C19H25N.C17H19Br2N.C11H9N.2C11H8N.C10H8N2.Ir/c1-5-7-9-11-13-29-23-31(17-16-28(29)4)36-22-19-33(26-38-36)34-20-18-32(35-21-15-27(3)25-37-35)24-30(34)14-12-10-8-6-2;1-4-5-6-7-8-17-13-18(11-10-16(17)3)19-12-9-15(2)14-20-19;1-2-3-4-5-6-13-11-14(7-9-16(13)19)17-10-8-15(18)12-20-17;3*1-2-6-10(7-3-1)11-8-4-5-9-12-11;1-3-7-11-9(5-1)10-6-2-4-8-12-10;/h15-16,18-26H,5-14H2,1-4H3;9-14H,4-8H2,1-3H3;7-12H,2-6H2,1H3;1-9H;2*1-6,8-9H;1-8H;/q-1;;;;2*-1;;+3. The number of pyridine rings is 9. The zero-order chi connectivity index (χ0) is 88.4. The van der Waals surface area contributed by atoms with Gasteiger partial charge in [-0.15, -0.1) is 107 Å². The summed E-state index contributed by atoms with van der Waals surface area (Å²) in [7, 11) is 0. The molecule has 9 nitrogen and oxygen atoms in total. The van der Waals surface area contributed by atoms with Crippen LogP contribution in [0.5, 0.6) is 0 Å². The second-order valence-electron chi connectivity index (χ2n) is 31.3. The van der Waals surface area contributed by atoms with E-state index < -0.39 is 0 Å². The number of aromatic nitrogens is 9. The largest absolute Gasteiger partial charge is 3.00 e. The third-order valence-corrected chi connectivity index (χ3v) is 22.6. The molecule has 0 aliphatic heterocycles. The average Bonchev–Trinajstić information content (AvgIpc) is 0.761. The van der Waals surface area contributed by atoms with Gasteiger partial charge in [-0.1, -0.05) is 261 Å². The van der Waals surface area contributed by atoms with Gasteiger partial charge in [-0.25, -0.2) is 0 Å². The molecule has 16 rings (SSSR count). The molecule has 9 aromatic heterocycles. The Morgan fingerprint density at radius 3 is 1.06 bits per heavy atom. The molecular formula is C115H120Br2IrN9. The molecule has 0 atom stereocenters. The van der Waals surface area contributed by atoms with Gasteiger partial charge in [-0.2, -0.15) is 0 Å². The summed E-state index contributed by atoms with van der Waals surface area (Å²) in [6.45, 7) is 17.6. The monoisotopic (exact) mass is 1980 g/mol. The topological polar surface area (TPSA) is 116 Å². The Kier molecular flexibility index (Phi) is 44.8. The van der Waals surface area contributed by atoms with Crippen LogP contribution in [0.15, 0.2) is 350 Å². The summed E-state index contributed by atoms with van der Waals surface area (Å²) in [5, 5.41) is 0. The summed E-state index contributed by atoms with van der Waals surface area (Å²) in [4.78, 5) is 39.6. The third kappa shape index (κ3) is 34.7. The fourth-order valence-corrected chi connectivity index (χ4v) is 14.8. The maximum absolute atomic E-state index is 4.90. The van der Waals surface area contributed by atoms with Crippen molar-refractivity contribution in [1.82, 2.24) is 44.9 Å². The minimum Gasteiger partial charge on any atom is -0.305 e. The van der Waals surface area contributed by atoms with Crippen molar-refractivity contribution in [2.24, 2.45) is 0 Å². The van der Waals surface area contributed by atoms with Crippen LogP contribution < -0.4 is 0 Å². The average molecular weight is 1980 g/mol. The van der Waals surface area contributed by atoms with Gasteiger partial charge < -0.3 is 15.0 Å².